The van der Waals surface area contributed by atoms with E-state index in [9.17, 15) is 9.59 Å². The molecule has 5 heterocycles. The lowest BCUT2D eigenvalue weighted by Gasteiger charge is -2.23. The van der Waals surface area contributed by atoms with Gasteiger partial charge >= 0.3 is 0 Å². The third-order valence-corrected chi connectivity index (χ3v) is 7.65. The van der Waals surface area contributed by atoms with Crippen molar-refractivity contribution in [1.29, 1.82) is 0 Å². The van der Waals surface area contributed by atoms with E-state index in [-0.39, 0.29) is 17.9 Å². The van der Waals surface area contributed by atoms with Crippen LogP contribution in [0.2, 0.25) is 0 Å². The number of anilines is 1. The summed E-state index contributed by atoms with van der Waals surface area (Å²) in [5, 5.41) is 17.4. The van der Waals surface area contributed by atoms with Crippen LogP contribution in [0.1, 0.15) is 47.3 Å². The third kappa shape index (κ3) is 4.59. The molecule has 0 atom stereocenters. The van der Waals surface area contributed by atoms with Gasteiger partial charge in [0, 0.05) is 29.4 Å². The van der Waals surface area contributed by atoms with Crippen LogP contribution in [0.15, 0.2) is 42.2 Å². The number of carbonyl (C=O) groups is 2. The number of thiophene rings is 1. The number of hydrogen-bond donors (Lipinski definition) is 4. The van der Waals surface area contributed by atoms with Gasteiger partial charge in [0.05, 0.1) is 28.1 Å². The van der Waals surface area contributed by atoms with Crippen LogP contribution in [0.4, 0.5) is 5.82 Å². The number of piperidine rings is 1. The molecule has 3 fully saturated rings. The van der Waals surface area contributed by atoms with Crippen LogP contribution in [0.25, 0.3) is 22.3 Å². The van der Waals surface area contributed by atoms with Crippen molar-refractivity contribution in [3.05, 3.63) is 52.7 Å². The first-order valence-electron chi connectivity index (χ1n) is 12.0. The summed E-state index contributed by atoms with van der Waals surface area (Å²) in [5.41, 5.74) is 3.75. The molecule has 1 aliphatic carbocycles. The van der Waals surface area contributed by atoms with Crippen LogP contribution < -0.4 is 21.3 Å². The van der Waals surface area contributed by atoms with Crippen molar-refractivity contribution in [1.82, 2.24) is 30.5 Å². The van der Waals surface area contributed by atoms with Crippen LogP contribution >= 0.6 is 11.3 Å². The van der Waals surface area contributed by atoms with Crippen LogP contribution in [0.3, 0.4) is 0 Å². The molecule has 3 aliphatic rings. The van der Waals surface area contributed by atoms with Crippen molar-refractivity contribution in [2.24, 2.45) is 0 Å². The van der Waals surface area contributed by atoms with Crippen LogP contribution in [-0.4, -0.2) is 51.6 Å². The molecule has 0 unspecified atom stereocenters. The molecule has 0 aromatic carbocycles. The summed E-state index contributed by atoms with van der Waals surface area (Å²) in [6, 6.07) is 6.47. The lowest BCUT2D eigenvalue weighted by Crippen LogP contribution is -2.42. The summed E-state index contributed by atoms with van der Waals surface area (Å²) >= 11 is 1.44. The number of carbonyl (C=O) groups excluding carboxylic acids is 2. The second kappa shape index (κ2) is 8.94. The maximum atomic E-state index is 12.8. The monoisotopic (exact) mass is 489 g/mol. The maximum absolute atomic E-state index is 12.8. The van der Waals surface area contributed by atoms with Crippen LogP contribution in [-0.2, 0) is 4.79 Å². The first-order chi connectivity index (χ1) is 17.0. The Labute approximate surface area is 206 Å². The highest BCUT2D eigenvalue weighted by Gasteiger charge is 2.25. The molecule has 3 aromatic heterocycles. The van der Waals surface area contributed by atoms with E-state index in [0.29, 0.717) is 28.7 Å². The highest BCUT2D eigenvalue weighted by atomic mass is 32.1. The highest BCUT2D eigenvalue weighted by Crippen LogP contribution is 2.33. The first kappa shape index (κ1) is 22.0. The number of rotatable bonds is 6. The molecule has 2 saturated heterocycles. The predicted octanol–water partition coefficient (Wildman–Crippen LogP) is 2.93. The molecule has 3 aromatic rings. The Morgan fingerprint density at radius 3 is 2.77 bits per heavy atom. The largest absolute Gasteiger partial charge is 0.367 e. The molecule has 9 nitrogen and oxygen atoms in total. The van der Waals surface area contributed by atoms with Gasteiger partial charge in [-0.25, -0.2) is 4.98 Å². The molecule has 35 heavy (non-hydrogen) atoms. The number of fused-ring (bicyclic) bond motifs is 1. The second-order valence-corrected chi connectivity index (χ2v) is 10.4. The van der Waals surface area contributed by atoms with Gasteiger partial charge in [0.2, 0.25) is 5.91 Å². The summed E-state index contributed by atoms with van der Waals surface area (Å²) in [5.74, 6) is 0.777. The van der Waals surface area contributed by atoms with E-state index in [1.807, 2.05) is 24.3 Å². The number of aromatic nitrogens is 3. The van der Waals surface area contributed by atoms with Crippen molar-refractivity contribution in [2.45, 2.75) is 44.2 Å². The summed E-state index contributed by atoms with van der Waals surface area (Å²) in [7, 11) is 0. The normalized spacial score (nSPS) is 19.9. The van der Waals surface area contributed by atoms with Gasteiger partial charge in [-0.1, -0.05) is 6.58 Å². The molecule has 1 saturated carbocycles. The molecule has 2 amide bonds. The minimum absolute atomic E-state index is 0.0303. The zero-order chi connectivity index (χ0) is 23.9. The minimum atomic E-state index is -0.0589. The van der Waals surface area contributed by atoms with Gasteiger partial charge in [-0.2, -0.15) is 9.61 Å². The fourth-order valence-electron chi connectivity index (χ4n) is 4.47. The molecule has 0 spiro atoms. The van der Waals surface area contributed by atoms with E-state index in [1.165, 1.54) is 11.3 Å². The minimum Gasteiger partial charge on any atom is -0.367 e. The van der Waals surface area contributed by atoms with Gasteiger partial charge < -0.3 is 21.3 Å². The molecule has 4 N–H and O–H groups in total. The molecule has 0 bridgehead atoms. The quantitative estimate of drug-likeness (QED) is 0.424. The Bertz CT molecular complexity index is 1360. The number of nitrogens with one attached hydrogen (secondary N) is 4. The molecule has 2 aliphatic heterocycles. The highest BCUT2D eigenvalue weighted by molar-refractivity contribution is 7.17. The lowest BCUT2D eigenvalue weighted by atomic mass is 10.1. The van der Waals surface area contributed by atoms with Crippen molar-refractivity contribution < 1.29 is 9.59 Å². The Morgan fingerprint density at radius 2 is 2.03 bits per heavy atom. The van der Waals surface area contributed by atoms with Crippen LogP contribution in [0.5, 0.6) is 0 Å². The molecule has 10 heteroatoms. The van der Waals surface area contributed by atoms with Gasteiger partial charge in [0.25, 0.3) is 5.91 Å². The first-order valence-corrected chi connectivity index (χ1v) is 12.8. The average molecular weight is 490 g/mol. The van der Waals surface area contributed by atoms with E-state index < -0.39 is 0 Å². The van der Waals surface area contributed by atoms with Gasteiger partial charge in [-0.05, 0) is 62.6 Å². The van der Waals surface area contributed by atoms with Crippen LogP contribution in [0, 0.1) is 0 Å². The summed E-state index contributed by atoms with van der Waals surface area (Å²) < 4.78 is 1.81. The van der Waals surface area contributed by atoms with Crippen molar-refractivity contribution in [3.8, 4) is 10.6 Å². The third-order valence-electron chi connectivity index (χ3n) is 6.54. The van der Waals surface area contributed by atoms with Gasteiger partial charge in [-0.3, -0.25) is 9.59 Å². The zero-order valence-corrected chi connectivity index (χ0v) is 20.1. The van der Waals surface area contributed by atoms with E-state index in [2.05, 4.69) is 32.9 Å². The number of amides is 2. The molecular weight excluding hydrogens is 462 g/mol. The number of hydrogen-bond acceptors (Lipinski definition) is 7. The van der Waals surface area contributed by atoms with Gasteiger partial charge in [0.15, 0.2) is 5.65 Å². The second-order valence-electron chi connectivity index (χ2n) is 9.32. The summed E-state index contributed by atoms with van der Waals surface area (Å²) in [4.78, 5) is 31.1. The van der Waals surface area contributed by atoms with Crippen molar-refractivity contribution in [3.63, 3.8) is 0 Å². The SMILES string of the molecule is C=C1NC(=O)C/C1=C\c1cnn2c(NC3CC3)cc(-c3ccc(C(=O)NC4CCNCC4)s3)nc12. The predicted molar refractivity (Wildman–Crippen MR) is 136 cm³/mol. The Morgan fingerprint density at radius 1 is 1.20 bits per heavy atom. The topological polar surface area (TPSA) is 112 Å². The van der Waals surface area contributed by atoms with Gasteiger partial charge in [-0.15, -0.1) is 11.3 Å². The van der Waals surface area contributed by atoms with Crippen molar-refractivity contribution in [2.75, 3.05) is 18.4 Å². The summed E-state index contributed by atoms with van der Waals surface area (Å²) in [6.45, 7) is 5.80. The number of allylic oxidation sites excluding steroid dienone is 1. The average Bonchev–Trinajstić information content (AvgIpc) is 3.23. The lowest BCUT2D eigenvalue weighted by molar-refractivity contribution is -0.118. The fourth-order valence-corrected chi connectivity index (χ4v) is 5.34. The molecular formula is C25H27N7O2S. The van der Waals surface area contributed by atoms with E-state index in [1.54, 1.807) is 10.7 Å². The Balaban J connectivity index is 1.33. The molecule has 6 rings (SSSR count). The smallest absolute Gasteiger partial charge is 0.261 e. The van der Waals surface area contributed by atoms with E-state index in [0.717, 1.165) is 66.3 Å². The van der Waals surface area contributed by atoms with Crippen molar-refractivity contribution >= 4 is 40.7 Å². The fraction of sp³-hybridized carbons (Fsp3) is 0.360. The Kier molecular flexibility index (Phi) is 5.62. The molecule has 0 radical (unpaired) electrons. The maximum Gasteiger partial charge on any atom is 0.261 e. The summed E-state index contributed by atoms with van der Waals surface area (Å²) in [6.07, 6.45) is 8.14. The molecule has 180 valence electrons. The zero-order valence-electron chi connectivity index (χ0n) is 19.3. The van der Waals surface area contributed by atoms with E-state index in [4.69, 9.17) is 4.98 Å². The number of nitrogens with zero attached hydrogens (tertiary/aromatic N) is 3. The Hall–Kier alpha value is -3.50. The van der Waals surface area contributed by atoms with Gasteiger partial charge in [0.1, 0.15) is 5.82 Å². The standard InChI is InChI=1S/C25H27N7O2S/c1-14-15(11-23(33)28-14)10-16-13-27-32-22(29-17-2-3-17)12-19(31-24(16)32)20-4-5-21(35-20)25(34)30-18-6-8-26-9-7-18/h4-5,10,12-13,17-18,26,29H,1-3,6-9,11H2,(H,28,33)(H,30,34)/b15-10+. The van der Waals surface area contributed by atoms with E-state index >= 15 is 0 Å².